The van der Waals surface area contributed by atoms with E-state index in [4.69, 9.17) is 0 Å². The van der Waals surface area contributed by atoms with Gasteiger partial charge in [-0.05, 0) is 0 Å². The molecule has 0 amide bonds. The van der Waals surface area contributed by atoms with Crippen molar-refractivity contribution >= 4 is 0 Å². The summed E-state index contributed by atoms with van der Waals surface area (Å²) in [5.74, 6) is 0. The number of hydrogen-bond donors (Lipinski definition) is 0. The van der Waals surface area contributed by atoms with E-state index in [1.54, 1.807) is 11.1 Å². The zero-order chi connectivity index (χ0) is 14.6. The molecule has 0 saturated heterocycles. The van der Waals surface area contributed by atoms with E-state index in [-0.39, 0.29) is 17.1 Å². The Balaban J connectivity index is 0.000000425. The van der Waals surface area contributed by atoms with Crippen molar-refractivity contribution in [3.63, 3.8) is 0 Å². The van der Waals surface area contributed by atoms with E-state index in [0.717, 1.165) is 6.42 Å². The number of hydrogen-bond acceptors (Lipinski definition) is 0. The van der Waals surface area contributed by atoms with Gasteiger partial charge in [-0.1, -0.05) is 65.7 Å². The van der Waals surface area contributed by atoms with Crippen LogP contribution in [0.15, 0.2) is 42.5 Å². The van der Waals surface area contributed by atoms with Gasteiger partial charge in [-0.3, -0.25) is 0 Å². The Morgan fingerprint density at radius 2 is 1.52 bits per heavy atom. The second kappa shape index (κ2) is 12.9. The number of rotatable bonds is 7. The first-order chi connectivity index (χ1) is 9.81. The van der Waals surface area contributed by atoms with Crippen molar-refractivity contribution in [3.8, 4) is 0 Å². The van der Waals surface area contributed by atoms with Crippen LogP contribution < -0.4 is 0 Å². The standard InChI is InChI=1S/C13H21.C7H9.Fe/c1-3-5-8-12-10-7-11-13(12)9-6-4-2;1-2-7-5-3-4-6-7;/h7,10-11H,3-6,8-9H2,1-2H3;3-6H,2H2,1H3;/q2*-1;+2. The second-order valence-electron chi connectivity index (χ2n) is 5.43. The van der Waals surface area contributed by atoms with Gasteiger partial charge in [0, 0.05) is 0 Å². The van der Waals surface area contributed by atoms with Crippen molar-refractivity contribution in [2.75, 3.05) is 0 Å². The maximum atomic E-state index is 2.29. The molecule has 21 heavy (non-hydrogen) atoms. The summed E-state index contributed by atoms with van der Waals surface area (Å²) >= 11 is 0. The van der Waals surface area contributed by atoms with Crippen LogP contribution in [-0.2, 0) is 36.3 Å². The Morgan fingerprint density at radius 1 is 0.857 bits per heavy atom. The van der Waals surface area contributed by atoms with Gasteiger partial charge in [0.1, 0.15) is 0 Å². The molecule has 0 fully saturated rings. The molecule has 118 valence electrons. The van der Waals surface area contributed by atoms with E-state index in [1.165, 1.54) is 44.1 Å². The molecule has 0 radical (unpaired) electrons. The molecule has 0 heterocycles. The first kappa shape index (κ1) is 20.2. The third-order valence-electron chi connectivity index (χ3n) is 3.75. The second-order valence-corrected chi connectivity index (χ2v) is 5.43. The summed E-state index contributed by atoms with van der Waals surface area (Å²) in [6.45, 7) is 6.68. The van der Waals surface area contributed by atoms with Gasteiger partial charge in [0.25, 0.3) is 0 Å². The Morgan fingerprint density at radius 3 is 2.05 bits per heavy atom. The summed E-state index contributed by atoms with van der Waals surface area (Å²) in [6, 6.07) is 15.2. The summed E-state index contributed by atoms with van der Waals surface area (Å²) in [6.07, 6.45) is 9.00. The van der Waals surface area contributed by atoms with Crippen LogP contribution in [0.2, 0.25) is 0 Å². The van der Waals surface area contributed by atoms with E-state index >= 15 is 0 Å². The van der Waals surface area contributed by atoms with E-state index < -0.39 is 0 Å². The van der Waals surface area contributed by atoms with Crippen molar-refractivity contribution in [1.29, 1.82) is 0 Å². The van der Waals surface area contributed by atoms with Crippen LogP contribution in [0.1, 0.15) is 63.1 Å². The van der Waals surface area contributed by atoms with E-state index in [0.29, 0.717) is 0 Å². The van der Waals surface area contributed by atoms with E-state index in [2.05, 4.69) is 63.2 Å². The average molecular weight is 326 g/mol. The molecule has 0 aliphatic carbocycles. The maximum Gasteiger partial charge on any atom is 2.00 e. The molecule has 0 unspecified atom stereocenters. The van der Waals surface area contributed by atoms with Gasteiger partial charge < -0.3 is 0 Å². The molecule has 0 N–H and O–H groups in total. The molecular formula is C20H30Fe. The van der Waals surface area contributed by atoms with Crippen LogP contribution in [0.3, 0.4) is 0 Å². The molecule has 0 bridgehead atoms. The van der Waals surface area contributed by atoms with Crippen LogP contribution in [0.25, 0.3) is 0 Å². The van der Waals surface area contributed by atoms with Crippen LogP contribution in [-0.4, -0.2) is 0 Å². The smallest absolute Gasteiger partial charge is 0.213 e. The Hall–Kier alpha value is -0.781. The molecule has 0 nitrogen and oxygen atoms in total. The van der Waals surface area contributed by atoms with Crippen LogP contribution >= 0.6 is 0 Å². The molecule has 1 heteroatoms. The minimum absolute atomic E-state index is 0. The predicted octanol–water partition coefficient (Wildman–Crippen LogP) is 6.06. The fourth-order valence-electron chi connectivity index (χ4n) is 2.37. The average Bonchev–Trinajstić information content (AvgIpc) is 3.14. The van der Waals surface area contributed by atoms with Crippen LogP contribution in [0, 0.1) is 0 Å². The van der Waals surface area contributed by atoms with Crippen molar-refractivity contribution in [2.45, 2.75) is 65.7 Å². The number of aryl methyl sites for hydroxylation is 3. The fourth-order valence-corrected chi connectivity index (χ4v) is 2.37. The van der Waals surface area contributed by atoms with Gasteiger partial charge in [-0.2, -0.15) is 34.9 Å². The van der Waals surface area contributed by atoms with Gasteiger partial charge in [-0.15, -0.1) is 0 Å². The maximum absolute atomic E-state index is 2.29. The molecule has 0 aliphatic heterocycles. The van der Waals surface area contributed by atoms with Gasteiger partial charge >= 0.3 is 17.1 Å². The number of unbranched alkanes of at least 4 members (excludes halogenated alkanes) is 2. The quantitative estimate of drug-likeness (QED) is 0.429. The Kier molecular flexibility index (Phi) is 12.4. The largest absolute Gasteiger partial charge is 2.00 e. The monoisotopic (exact) mass is 326 g/mol. The van der Waals surface area contributed by atoms with E-state index in [9.17, 15) is 0 Å². The third-order valence-corrected chi connectivity index (χ3v) is 3.75. The van der Waals surface area contributed by atoms with Gasteiger partial charge in [0.2, 0.25) is 0 Å². The summed E-state index contributed by atoms with van der Waals surface area (Å²) in [5, 5.41) is 0. The normalized spacial score (nSPS) is 9.67. The fraction of sp³-hybridized carbons (Fsp3) is 0.500. The molecule has 0 aromatic heterocycles. The zero-order valence-corrected chi connectivity index (χ0v) is 14.9. The molecule has 0 atom stereocenters. The molecule has 2 aromatic rings. The third kappa shape index (κ3) is 8.29. The Labute approximate surface area is 142 Å². The SMILES string of the molecule is CCCCc1ccc[c-]1CCCC.CC[c-]1cccc1.[Fe+2]. The minimum atomic E-state index is 0. The molecule has 0 aliphatic rings. The van der Waals surface area contributed by atoms with Crippen LogP contribution in [0.5, 0.6) is 0 Å². The van der Waals surface area contributed by atoms with E-state index in [1.807, 2.05) is 0 Å². The molecule has 0 spiro atoms. The topological polar surface area (TPSA) is 0 Å². The minimum Gasteiger partial charge on any atom is -0.213 e. The van der Waals surface area contributed by atoms with Crippen molar-refractivity contribution < 1.29 is 17.1 Å². The summed E-state index contributed by atoms with van der Waals surface area (Å²) in [5.41, 5.74) is 4.62. The molecular weight excluding hydrogens is 296 g/mol. The molecule has 2 aromatic carbocycles. The van der Waals surface area contributed by atoms with Gasteiger partial charge in [-0.25, -0.2) is 24.3 Å². The van der Waals surface area contributed by atoms with Gasteiger partial charge in [0.15, 0.2) is 0 Å². The van der Waals surface area contributed by atoms with Crippen molar-refractivity contribution in [3.05, 3.63) is 59.2 Å². The van der Waals surface area contributed by atoms with Gasteiger partial charge in [0.05, 0.1) is 0 Å². The molecule has 0 saturated carbocycles. The zero-order valence-electron chi connectivity index (χ0n) is 13.8. The van der Waals surface area contributed by atoms with Crippen molar-refractivity contribution in [1.82, 2.24) is 0 Å². The summed E-state index contributed by atoms with van der Waals surface area (Å²) in [4.78, 5) is 0. The summed E-state index contributed by atoms with van der Waals surface area (Å²) in [7, 11) is 0. The van der Waals surface area contributed by atoms with Crippen molar-refractivity contribution in [2.24, 2.45) is 0 Å². The first-order valence-corrected chi connectivity index (χ1v) is 8.25. The van der Waals surface area contributed by atoms with Crippen LogP contribution in [0.4, 0.5) is 0 Å². The molecule has 2 rings (SSSR count). The Bertz CT molecular complexity index is 400. The predicted molar refractivity (Wildman–Crippen MR) is 90.7 cm³/mol. The summed E-state index contributed by atoms with van der Waals surface area (Å²) < 4.78 is 0. The first-order valence-electron chi connectivity index (χ1n) is 8.25.